The molecule has 8 heteroatoms. The van der Waals surface area contributed by atoms with Crippen LogP contribution in [0, 0.1) is 0 Å². The van der Waals surface area contributed by atoms with E-state index in [2.05, 4.69) is 20.7 Å². The normalized spacial score (nSPS) is 16.9. The van der Waals surface area contributed by atoms with Gasteiger partial charge in [-0.05, 0) is 47.0 Å². The first-order valence-electron chi connectivity index (χ1n) is 6.21. The fourth-order valence-corrected chi connectivity index (χ4v) is 3.84. The van der Waals surface area contributed by atoms with E-state index in [-0.39, 0.29) is 11.3 Å². The number of hydrogen-bond donors (Lipinski definition) is 2. The third-order valence-corrected chi connectivity index (χ3v) is 5.32. The summed E-state index contributed by atoms with van der Waals surface area (Å²) in [5.41, 5.74) is 0.264. The predicted octanol–water partition coefficient (Wildman–Crippen LogP) is 2.29. The molecular formula is C12H15BrN2O4S. The van der Waals surface area contributed by atoms with Gasteiger partial charge < -0.3 is 5.11 Å². The van der Waals surface area contributed by atoms with Gasteiger partial charge in [0.15, 0.2) is 0 Å². The Morgan fingerprint density at radius 2 is 1.90 bits per heavy atom. The topological polar surface area (TPSA) is 86.7 Å². The average Bonchev–Trinajstić information content (AvgIpc) is 2.42. The molecule has 0 atom stereocenters. The standard InChI is InChI=1S/C12H15BrN2O4S/c13-10-5-4-9(12(16)17)8-11(10)14-20(18,19)15-6-2-1-3-7-15/h4-5,8,14H,1-3,6-7H2,(H,16,17). The fraction of sp³-hybridized carbons (Fsp3) is 0.417. The smallest absolute Gasteiger partial charge is 0.335 e. The highest BCUT2D eigenvalue weighted by molar-refractivity contribution is 9.10. The van der Waals surface area contributed by atoms with Crippen molar-refractivity contribution in [3.8, 4) is 0 Å². The number of halogens is 1. The lowest BCUT2D eigenvalue weighted by molar-refractivity contribution is 0.0697. The molecular weight excluding hydrogens is 348 g/mol. The molecule has 0 bridgehead atoms. The number of carboxylic acids is 1. The number of carboxylic acid groups (broad SMARTS) is 1. The molecule has 6 nitrogen and oxygen atoms in total. The maximum atomic E-state index is 12.2. The van der Waals surface area contributed by atoms with Crippen molar-refractivity contribution in [3.63, 3.8) is 0 Å². The third kappa shape index (κ3) is 3.50. The highest BCUT2D eigenvalue weighted by Crippen LogP contribution is 2.26. The highest BCUT2D eigenvalue weighted by Gasteiger charge is 2.24. The number of anilines is 1. The lowest BCUT2D eigenvalue weighted by Crippen LogP contribution is -2.39. The van der Waals surface area contributed by atoms with E-state index in [0.717, 1.165) is 19.3 Å². The van der Waals surface area contributed by atoms with Gasteiger partial charge in [0.25, 0.3) is 0 Å². The molecule has 0 unspecified atom stereocenters. The Labute approximate surface area is 126 Å². The van der Waals surface area contributed by atoms with Gasteiger partial charge in [0, 0.05) is 17.6 Å². The second-order valence-corrected chi connectivity index (χ2v) is 7.09. The number of nitrogens with zero attached hydrogens (tertiary/aromatic N) is 1. The molecule has 1 aromatic carbocycles. The largest absolute Gasteiger partial charge is 0.478 e. The molecule has 1 fully saturated rings. The van der Waals surface area contributed by atoms with Crippen LogP contribution in [-0.2, 0) is 10.2 Å². The summed E-state index contributed by atoms with van der Waals surface area (Å²) in [5.74, 6) is -1.10. The second-order valence-electron chi connectivity index (χ2n) is 4.57. The highest BCUT2D eigenvalue weighted by atomic mass is 79.9. The van der Waals surface area contributed by atoms with E-state index < -0.39 is 16.2 Å². The van der Waals surface area contributed by atoms with Crippen LogP contribution < -0.4 is 4.72 Å². The van der Waals surface area contributed by atoms with Gasteiger partial charge in [-0.15, -0.1) is 0 Å². The first-order chi connectivity index (χ1) is 9.40. The molecule has 20 heavy (non-hydrogen) atoms. The lowest BCUT2D eigenvalue weighted by Gasteiger charge is -2.26. The van der Waals surface area contributed by atoms with E-state index in [9.17, 15) is 13.2 Å². The van der Waals surface area contributed by atoms with Gasteiger partial charge in [-0.1, -0.05) is 6.42 Å². The summed E-state index contributed by atoms with van der Waals surface area (Å²) in [6.45, 7) is 0.983. The van der Waals surface area contributed by atoms with Crippen LogP contribution >= 0.6 is 15.9 Å². The summed E-state index contributed by atoms with van der Waals surface area (Å²) < 4.78 is 28.8. The van der Waals surface area contributed by atoms with Crippen molar-refractivity contribution in [3.05, 3.63) is 28.2 Å². The number of carbonyl (C=O) groups is 1. The van der Waals surface area contributed by atoms with E-state index in [1.807, 2.05) is 0 Å². The molecule has 0 spiro atoms. The molecule has 0 aliphatic carbocycles. The first-order valence-corrected chi connectivity index (χ1v) is 8.44. The Balaban J connectivity index is 2.24. The van der Waals surface area contributed by atoms with Crippen LogP contribution in [0.3, 0.4) is 0 Å². The van der Waals surface area contributed by atoms with Crippen LogP contribution in [0.1, 0.15) is 29.6 Å². The Morgan fingerprint density at radius 3 is 2.50 bits per heavy atom. The monoisotopic (exact) mass is 362 g/mol. The van der Waals surface area contributed by atoms with Gasteiger partial charge in [-0.25, -0.2) is 4.79 Å². The molecule has 0 amide bonds. The maximum Gasteiger partial charge on any atom is 0.335 e. The van der Waals surface area contributed by atoms with Gasteiger partial charge >= 0.3 is 16.2 Å². The summed E-state index contributed by atoms with van der Waals surface area (Å²) in [7, 11) is -3.64. The Morgan fingerprint density at radius 1 is 1.25 bits per heavy atom. The van der Waals surface area contributed by atoms with E-state index >= 15 is 0 Å². The van der Waals surface area contributed by atoms with Crippen LogP contribution in [0.15, 0.2) is 22.7 Å². The van der Waals surface area contributed by atoms with Crippen LogP contribution in [0.4, 0.5) is 5.69 Å². The van der Waals surface area contributed by atoms with Crippen molar-refractivity contribution < 1.29 is 18.3 Å². The van der Waals surface area contributed by atoms with Crippen molar-refractivity contribution in [2.45, 2.75) is 19.3 Å². The van der Waals surface area contributed by atoms with Crippen molar-refractivity contribution in [1.82, 2.24) is 4.31 Å². The summed E-state index contributed by atoms with van der Waals surface area (Å²) in [4.78, 5) is 10.9. The summed E-state index contributed by atoms with van der Waals surface area (Å²) >= 11 is 3.22. The van der Waals surface area contributed by atoms with E-state index in [4.69, 9.17) is 5.11 Å². The number of hydrogen-bond acceptors (Lipinski definition) is 3. The third-order valence-electron chi connectivity index (χ3n) is 3.11. The van der Waals surface area contributed by atoms with E-state index in [1.165, 1.54) is 22.5 Å². The maximum absolute atomic E-state index is 12.2. The Bertz CT molecular complexity index is 612. The van der Waals surface area contributed by atoms with Gasteiger partial charge in [-0.2, -0.15) is 12.7 Å². The Kier molecular flexibility index (Phi) is 4.66. The number of aromatic carboxylic acids is 1. The van der Waals surface area contributed by atoms with Crippen molar-refractivity contribution in [2.24, 2.45) is 0 Å². The molecule has 2 rings (SSSR count). The minimum absolute atomic E-state index is 0.0320. The molecule has 1 saturated heterocycles. The zero-order valence-corrected chi connectivity index (χ0v) is 13.1. The van der Waals surface area contributed by atoms with Crippen LogP contribution in [0.25, 0.3) is 0 Å². The molecule has 2 N–H and O–H groups in total. The van der Waals surface area contributed by atoms with Gasteiger partial charge in [0.1, 0.15) is 0 Å². The summed E-state index contributed by atoms with van der Waals surface area (Å²) in [5, 5.41) is 8.94. The van der Waals surface area contributed by atoms with Crippen molar-refractivity contribution >= 4 is 37.8 Å². The molecule has 0 radical (unpaired) electrons. The molecule has 110 valence electrons. The molecule has 1 heterocycles. The quantitative estimate of drug-likeness (QED) is 0.859. The summed E-state index contributed by atoms with van der Waals surface area (Å²) in [6, 6.07) is 4.22. The zero-order chi connectivity index (χ0) is 14.8. The molecule has 0 aromatic heterocycles. The minimum atomic E-state index is -3.64. The van der Waals surface area contributed by atoms with Crippen LogP contribution in [0.5, 0.6) is 0 Å². The van der Waals surface area contributed by atoms with Gasteiger partial charge in [0.2, 0.25) is 0 Å². The van der Waals surface area contributed by atoms with E-state index in [0.29, 0.717) is 17.6 Å². The van der Waals surface area contributed by atoms with E-state index in [1.54, 1.807) is 0 Å². The van der Waals surface area contributed by atoms with Gasteiger partial charge in [-0.3, -0.25) is 4.72 Å². The number of rotatable bonds is 4. The van der Waals surface area contributed by atoms with Crippen molar-refractivity contribution in [2.75, 3.05) is 17.8 Å². The molecule has 0 saturated carbocycles. The first kappa shape index (κ1) is 15.3. The molecule has 1 aromatic rings. The zero-order valence-electron chi connectivity index (χ0n) is 10.7. The fourth-order valence-electron chi connectivity index (χ4n) is 2.05. The van der Waals surface area contributed by atoms with Crippen LogP contribution in [0.2, 0.25) is 0 Å². The predicted molar refractivity (Wildman–Crippen MR) is 79.1 cm³/mol. The number of benzene rings is 1. The number of piperidine rings is 1. The molecule has 1 aliphatic heterocycles. The average molecular weight is 363 g/mol. The van der Waals surface area contributed by atoms with Crippen molar-refractivity contribution in [1.29, 1.82) is 0 Å². The van der Waals surface area contributed by atoms with Crippen LogP contribution in [-0.4, -0.2) is 36.9 Å². The lowest BCUT2D eigenvalue weighted by atomic mass is 10.2. The number of nitrogens with one attached hydrogen (secondary N) is 1. The second kappa shape index (κ2) is 6.11. The Hall–Kier alpha value is -1.12. The summed E-state index contributed by atoms with van der Waals surface area (Å²) in [6.07, 6.45) is 2.72. The SMILES string of the molecule is O=C(O)c1ccc(Br)c(NS(=O)(=O)N2CCCCC2)c1. The minimum Gasteiger partial charge on any atom is -0.478 e. The molecule has 1 aliphatic rings. The van der Waals surface area contributed by atoms with Gasteiger partial charge in [0.05, 0.1) is 11.3 Å².